The molecule has 0 bridgehead atoms. The van der Waals surface area contributed by atoms with Crippen LogP contribution in [0.4, 0.5) is 0 Å². The molecule has 1 aliphatic heterocycles. The van der Waals surface area contributed by atoms with E-state index in [4.69, 9.17) is 21.1 Å². The summed E-state index contributed by atoms with van der Waals surface area (Å²) in [6.07, 6.45) is 1.61. The van der Waals surface area contributed by atoms with Gasteiger partial charge in [-0.15, -0.1) is 0 Å². The van der Waals surface area contributed by atoms with Crippen LogP contribution in [0.3, 0.4) is 0 Å². The molecule has 1 fully saturated rings. The zero-order valence-corrected chi connectivity index (χ0v) is 21.2. The van der Waals surface area contributed by atoms with Crippen molar-refractivity contribution in [3.8, 4) is 11.5 Å². The summed E-state index contributed by atoms with van der Waals surface area (Å²) in [5.41, 5.74) is 5.74. The summed E-state index contributed by atoms with van der Waals surface area (Å²) < 4.78 is 11.4. The van der Waals surface area contributed by atoms with Gasteiger partial charge in [0.2, 0.25) is 0 Å². The zero-order valence-electron chi connectivity index (χ0n) is 20.4. The Hall–Kier alpha value is -3.39. The van der Waals surface area contributed by atoms with Gasteiger partial charge in [-0.05, 0) is 47.0 Å². The van der Waals surface area contributed by atoms with Gasteiger partial charge in [-0.1, -0.05) is 54.1 Å². The van der Waals surface area contributed by atoms with Crippen molar-refractivity contribution >= 4 is 23.7 Å². The highest BCUT2D eigenvalue weighted by Gasteiger charge is 2.19. The Morgan fingerprint density at radius 2 is 1.67 bits per heavy atom. The van der Waals surface area contributed by atoms with E-state index >= 15 is 0 Å². The summed E-state index contributed by atoms with van der Waals surface area (Å²) in [4.78, 5) is 16.9. The fourth-order valence-electron chi connectivity index (χ4n) is 3.99. The molecule has 1 amide bonds. The highest BCUT2D eigenvalue weighted by Crippen LogP contribution is 2.28. The first-order chi connectivity index (χ1) is 17.6. The highest BCUT2D eigenvalue weighted by atomic mass is 35.5. The lowest BCUT2D eigenvalue weighted by molar-refractivity contribution is -0.122. The van der Waals surface area contributed by atoms with Gasteiger partial charge >= 0.3 is 0 Å². The van der Waals surface area contributed by atoms with E-state index in [1.54, 1.807) is 13.3 Å². The smallest absolute Gasteiger partial charge is 0.254 e. The van der Waals surface area contributed by atoms with E-state index in [1.165, 1.54) is 5.56 Å². The van der Waals surface area contributed by atoms with Crippen LogP contribution in [0.25, 0.3) is 0 Å². The van der Waals surface area contributed by atoms with Gasteiger partial charge < -0.3 is 9.47 Å². The second-order valence-corrected chi connectivity index (χ2v) is 9.09. The molecule has 1 saturated heterocycles. The van der Waals surface area contributed by atoms with Crippen LogP contribution >= 0.6 is 11.6 Å². The number of carbonyl (C=O) groups excluding carboxylic acids is 1. The van der Waals surface area contributed by atoms with Crippen LogP contribution in [0.2, 0.25) is 5.02 Å². The van der Waals surface area contributed by atoms with Crippen LogP contribution in [0, 0.1) is 0 Å². The molecule has 188 valence electrons. The minimum absolute atomic E-state index is 0.133. The van der Waals surface area contributed by atoms with E-state index < -0.39 is 0 Å². The maximum absolute atomic E-state index is 12.4. The molecule has 1 heterocycles. The second-order valence-electron chi connectivity index (χ2n) is 8.66. The number of hydrogen-bond donors (Lipinski definition) is 1. The fourth-order valence-corrected chi connectivity index (χ4v) is 4.12. The average Bonchev–Trinajstić information content (AvgIpc) is 2.90. The number of nitrogens with one attached hydrogen (secondary N) is 1. The number of carbonyl (C=O) groups is 1. The van der Waals surface area contributed by atoms with Crippen molar-refractivity contribution in [2.24, 2.45) is 5.10 Å². The lowest BCUT2D eigenvalue weighted by Gasteiger charge is -2.34. The number of rotatable bonds is 10. The normalized spacial score (nSPS) is 14.6. The van der Waals surface area contributed by atoms with Crippen LogP contribution in [-0.4, -0.2) is 61.8 Å². The molecule has 36 heavy (non-hydrogen) atoms. The minimum atomic E-state index is -0.133. The summed E-state index contributed by atoms with van der Waals surface area (Å²) in [5, 5.41) is 4.88. The van der Waals surface area contributed by atoms with Crippen molar-refractivity contribution < 1.29 is 14.3 Å². The van der Waals surface area contributed by atoms with Crippen LogP contribution in [0.1, 0.15) is 16.7 Å². The van der Waals surface area contributed by atoms with E-state index in [9.17, 15) is 4.79 Å². The number of amides is 1. The average molecular weight is 507 g/mol. The summed E-state index contributed by atoms with van der Waals surface area (Å²) in [6.45, 7) is 5.15. The Kier molecular flexibility index (Phi) is 9.33. The molecule has 1 aliphatic rings. The lowest BCUT2D eigenvalue weighted by atomic mass is 10.2. The largest absolute Gasteiger partial charge is 0.493 e. The highest BCUT2D eigenvalue weighted by molar-refractivity contribution is 6.30. The van der Waals surface area contributed by atoms with Gasteiger partial charge in [0.15, 0.2) is 11.5 Å². The molecular formula is C28H31ClN4O3. The maximum Gasteiger partial charge on any atom is 0.254 e. The third-order valence-corrected chi connectivity index (χ3v) is 6.23. The number of benzene rings is 3. The van der Waals surface area contributed by atoms with Gasteiger partial charge in [0.1, 0.15) is 6.61 Å². The molecule has 0 atom stereocenters. The van der Waals surface area contributed by atoms with E-state index in [-0.39, 0.29) is 5.91 Å². The predicted molar refractivity (Wildman–Crippen MR) is 143 cm³/mol. The number of hydrazone groups is 1. The first-order valence-electron chi connectivity index (χ1n) is 11.9. The third-order valence-electron chi connectivity index (χ3n) is 5.98. The SMILES string of the molecule is COc1ccc(/C=N\NC(=O)CN2CCN(Cc3ccc(Cl)cc3)CC2)cc1OCc1ccccc1. The number of piperazine rings is 1. The first-order valence-corrected chi connectivity index (χ1v) is 12.3. The number of methoxy groups -OCH3 is 1. The maximum atomic E-state index is 12.4. The molecule has 0 spiro atoms. The van der Waals surface area contributed by atoms with Crippen molar-refractivity contribution in [3.05, 3.63) is 94.5 Å². The van der Waals surface area contributed by atoms with E-state index in [0.717, 1.165) is 48.9 Å². The Morgan fingerprint density at radius 1 is 0.944 bits per heavy atom. The van der Waals surface area contributed by atoms with E-state index in [1.807, 2.05) is 60.7 Å². The van der Waals surface area contributed by atoms with Crippen LogP contribution in [0.15, 0.2) is 77.9 Å². The van der Waals surface area contributed by atoms with Crippen LogP contribution in [0.5, 0.6) is 11.5 Å². The molecule has 1 N–H and O–H groups in total. The summed E-state index contributed by atoms with van der Waals surface area (Å²) in [7, 11) is 1.61. The van der Waals surface area contributed by atoms with Gasteiger partial charge in [-0.2, -0.15) is 5.10 Å². The topological polar surface area (TPSA) is 66.4 Å². The number of hydrogen-bond acceptors (Lipinski definition) is 6. The molecule has 3 aromatic carbocycles. The van der Waals surface area contributed by atoms with Gasteiger partial charge in [-0.25, -0.2) is 5.43 Å². The van der Waals surface area contributed by atoms with Crippen molar-refractivity contribution in [2.75, 3.05) is 39.8 Å². The molecule has 3 aromatic rings. The summed E-state index contributed by atoms with van der Waals surface area (Å²) in [5.74, 6) is 1.13. The first kappa shape index (κ1) is 25.7. The summed E-state index contributed by atoms with van der Waals surface area (Å²) >= 11 is 5.97. The standard InChI is InChI=1S/C28H31ClN4O3/c1-35-26-12-9-24(17-27(26)36-21-23-5-3-2-4-6-23)18-30-31-28(34)20-33-15-13-32(14-16-33)19-22-7-10-25(29)11-8-22/h2-12,17-18H,13-16,19-21H2,1H3,(H,31,34)/b30-18-. The second kappa shape index (κ2) is 13.1. The van der Waals surface area contributed by atoms with Gasteiger partial charge in [0, 0.05) is 37.7 Å². The molecule has 4 rings (SSSR count). The monoisotopic (exact) mass is 506 g/mol. The number of nitrogens with zero attached hydrogens (tertiary/aromatic N) is 3. The van der Waals surface area contributed by atoms with Gasteiger partial charge in [-0.3, -0.25) is 14.6 Å². The molecule has 0 unspecified atom stereocenters. The molecular weight excluding hydrogens is 476 g/mol. The number of ether oxygens (including phenoxy) is 2. The Labute approximate surface area is 217 Å². The van der Waals surface area contributed by atoms with Crippen LogP contribution < -0.4 is 14.9 Å². The quantitative estimate of drug-likeness (QED) is 0.330. The molecule has 8 heteroatoms. The zero-order chi connectivity index (χ0) is 25.2. The van der Waals surface area contributed by atoms with Crippen LogP contribution in [-0.2, 0) is 17.9 Å². The van der Waals surface area contributed by atoms with Gasteiger partial charge in [0.25, 0.3) is 5.91 Å². The van der Waals surface area contributed by atoms with Crippen molar-refractivity contribution in [1.29, 1.82) is 0 Å². The third kappa shape index (κ3) is 7.81. The minimum Gasteiger partial charge on any atom is -0.493 e. The lowest BCUT2D eigenvalue weighted by Crippen LogP contribution is -2.48. The predicted octanol–water partition coefficient (Wildman–Crippen LogP) is 4.20. The Balaban J connectivity index is 1.22. The summed E-state index contributed by atoms with van der Waals surface area (Å²) in [6, 6.07) is 23.4. The van der Waals surface area contributed by atoms with Crippen molar-refractivity contribution in [1.82, 2.24) is 15.2 Å². The number of halogens is 1. The van der Waals surface area contributed by atoms with E-state index in [2.05, 4.69) is 32.5 Å². The molecule has 7 nitrogen and oxygen atoms in total. The van der Waals surface area contributed by atoms with Gasteiger partial charge in [0.05, 0.1) is 19.9 Å². The molecule has 0 saturated carbocycles. The molecule has 0 aliphatic carbocycles. The Morgan fingerprint density at radius 3 is 2.39 bits per heavy atom. The van der Waals surface area contributed by atoms with Crippen molar-refractivity contribution in [2.45, 2.75) is 13.2 Å². The van der Waals surface area contributed by atoms with Crippen molar-refractivity contribution in [3.63, 3.8) is 0 Å². The Bertz CT molecular complexity index is 1150. The van der Waals surface area contributed by atoms with E-state index in [0.29, 0.717) is 24.7 Å². The fraction of sp³-hybridized carbons (Fsp3) is 0.286. The molecule has 0 radical (unpaired) electrons. The molecule has 0 aromatic heterocycles.